The monoisotopic (exact) mass is 297 g/mol. The summed E-state index contributed by atoms with van der Waals surface area (Å²) in [6.45, 7) is 1.27. The molecule has 1 N–H and O–H groups in total. The molecule has 4 nitrogen and oxygen atoms in total. The van der Waals surface area contributed by atoms with Crippen LogP contribution in [0.2, 0.25) is 0 Å². The zero-order valence-corrected chi connectivity index (χ0v) is 12.0. The maximum absolute atomic E-state index is 12.8. The molecule has 5 heteroatoms. The van der Waals surface area contributed by atoms with Gasteiger partial charge in [-0.3, -0.25) is 0 Å². The Labute approximate surface area is 128 Å². The SMILES string of the molecule is Fc1ccc(CCNCc2nnc(-c3ccccc3)o2)cc1. The first kappa shape index (κ1) is 14.4. The van der Waals surface area contributed by atoms with Gasteiger partial charge in [0, 0.05) is 5.56 Å². The highest BCUT2D eigenvalue weighted by Gasteiger charge is 2.07. The lowest BCUT2D eigenvalue weighted by atomic mass is 10.1. The van der Waals surface area contributed by atoms with E-state index in [4.69, 9.17) is 4.42 Å². The molecule has 0 bridgehead atoms. The second-order valence-electron chi connectivity index (χ2n) is 4.92. The van der Waals surface area contributed by atoms with Crippen molar-refractivity contribution in [2.24, 2.45) is 0 Å². The van der Waals surface area contributed by atoms with Crippen LogP contribution in [-0.4, -0.2) is 16.7 Å². The van der Waals surface area contributed by atoms with Crippen LogP contribution in [0.3, 0.4) is 0 Å². The number of nitrogens with zero attached hydrogens (tertiary/aromatic N) is 2. The maximum atomic E-state index is 12.8. The molecular weight excluding hydrogens is 281 g/mol. The zero-order valence-electron chi connectivity index (χ0n) is 12.0. The second-order valence-corrected chi connectivity index (χ2v) is 4.92. The average molecular weight is 297 g/mol. The van der Waals surface area contributed by atoms with E-state index in [1.54, 1.807) is 12.1 Å². The minimum absolute atomic E-state index is 0.212. The Balaban J connectivity index is 1.48. The molecule has 0 saturated heterocycles. The topological polar surface area (TPSA) is 51.0 Å². The molecule has 1 heterocycles. The summed E-state index contributed by atoms with van der Waals surface area (Å²) in [7, 11) is 0. The van der Waals surface area contributed by atoms with Crippen LogP contribution in [0.15, 0.2) is 59.0 Å². The molecule has 0 fully saturated rings. The van der Waals surface area contributed by atoms with Crippen LogP contribution in [0.4, 0.5) is 4.39 Å². The Kier molecular flexibility index (Phi) is 4.56. The maximum Gasteiger partial charge on any atom is 0.247 e. The van der Waals surface area contributed by atoms with Crippen LogP contribution in [0.1, 0.15) is 11.5 Å². The summed E-state index contributed by atoms with van der Waals surface area (Å²) in [5.41, 5.74) is 2.00. The number of benzene rings is 2. The van der Waals surface area contributed by atoms with Gasteiger partial charge in [-0.25, -0.2) is 4.39 Å². The quantitative estimate of drug-likeness (QED) is 0.710. The fraction of sp³-hybridized carbons (Fsp3) is 0.176. The summed E-state index contributed by atoms with van der Waals surface area (Å²) in [5.74, 6) is 0.866. The van der Waals surface area contributed by atoms with Gasteiger partial charge in [-0.15, -0.1) is 10.2 Å². The van der Waals surface area contributed by atoms with Crippen LogP contribution in [0.25, 0.3) is 11.5 Å². The fourth-order valence-electron chi connectivity index (χ4n) is 2.10. The van der Waals surface area contributed by atoms with Gasteiger partial charge in [0.15, 0.2) is 0 Å². The first-order chi connectivity index (χ1) is 10.8. The molecule has 0 spiro atoms. The van der Waals surface area contributed by atoms with Crippen molar-refractivity contribution < 1.29 is 8.81 Å². The highest BCUT2D eigenvalue weighted by Crippen LogP contribution is 2.16. The van der Waals surface area contributed by atoms with Crippen LogP contribution < -0.4 is 5.32 Å². The number of hydrogen-bond donors (Lipinski definition) is 1. The third-order valence-electron chi connectivity index (χ3n) is 3.27. The van der Waals surface area contributed by atoms with E-state index in [0.717, 1.165) is 24.1 Å². The lowest BCUT2D eigenvalue weighted by Gasteiger charge is -2.02. The van der Waals surface area contributed by atoms with Gasteiger partial charge in [0.2, 0.25) is 11.8 Å². The van der Waals surface area contributed by atoms with Crippen molar-refractivity contribution in [2.75, 3.05) is 6.54 Å². The van der Waals surface area contributed by atoms with Crippen molar-refractivity contribution in [1.82, 2.24) is 15.5 Å². The van der Waals surface area contributed by atoms with E-state index < -0.39 is 0 Å². The molecule has 3 aromatic rings. The molecule has 0 amide bonds. The molecule has 0 atom stereocenters. The average Bonchev–Trinajstić information content (AvgIpc) is 3.03. The summed E-state index contributed by atoms with van der Waals surface area (Å²) >= 11 is 0. The Hall–Kier alpha value is -2.53. The van der Waals surface area contributed by atoms with Gasteiger partial charge in [-0.05, 0) is 42.8 Å². The molecule has 0 aliphatic carbocycles. The van der Waals surface area contributed by atoms with Crippen molar-refractivity contribution in [2.45, 2.75) is 13.0 Å². The Morgan fingerprint density at radius 2 is 1.73 bits per heavy atom. The third-order valence-corrected chi connectivity index (χ3v) is 3.27. The molecule has 0 unspecified atom stereocenters. The van der Waals surface area contributed by atoms with Crippen molar-refractivity contribution in [1.29, 1.82) is 0 Å². The summed E-state index contributed by atoms with van der Waals surface area (Å²) in [4.78, 5) is 0. The Morgan fingerprint density at radius 3 is 2.50 bits per heavy atom. The van der Waals surface area contributed by atoms with Gasteiger partial charge >= 0.3 is 0 Å². The van der Waals surface area contributed by atoms with E-state index in [9.17, 15) is 4.39 Å². The smallest absolute Gasteiger partial charge is 0.247 e. The lowest BCUT2D eigenvalue weighted by Crippen LogP contribution is -2.16. The van der Waals surface area contributed by atoms with Gasteiger partial charge in [0.05, 0.1) is 6.54 Å². The minimum Gasteiger partial charge on any atom is -0.419 e. The Morgan fingerprint density at radius 1 is 0.955 bits per heavy atom. The number of nitrogens with one attached hydrogen (secondary N) is 1. The number of hydrogen-bond acceptors (Lipinski definition) is 4. The predicted molar refractivity (Wildman–Crippen MR) is 81.5 cm³/mol. The fourth-order valence-corrected chi connectivity index (χ4v) is 2.10. The van der Waals surface area contributed by atoms with E-state index in [1.807, 2.05) is 30.3 Å². The summed E-state index contributed by atoms with van der Waals surface area (Å²) in [6, 6.07) is 16.2. The van der Waals surface area contributed by atoms with Gasteiger partial charge < -0.3 is 9.73 Å². The molecule has 112 valence electrons. The summed E-state index contributed by atoms with van der Waals surface area (Å²) in [5, 5.41) is 11.3. The van der Waals surface area contributed by atoms with E-state index in [1.165, 1.54) is 12.1 Å². The van der Waals surface area contributed by atoms with E-state index in [0.29, 0.717) is 18.3 Å². The number of aromatic nitrogens is 2. The van der Waals surface area contributed by atoms with E-state index in [-0.39, 0.29) is 5.82 Å². The van der Waals surface area contributed by atoms with Crippen LogP contribution in [-0.2, 0) is 13.0 Å². The summed E-state index contributed by atoms with van der Waals surface area (Å²) in [6.07, 6.45) is 0.819. The third kappa shape index (κ3) is 3.77. The normalized spacial score (nSPS) is 10.8. The van der Waals surface area contributed by atoms with Gasteiger partial charge in [0.1, 0.15) is 5.82 Å². The predicted octanol–water partition coefficient (Wildman–Crippen LogP) is 3.21. The highest BCUT2D eigenvalue weighted by molar-refractivity contribution is 5.51. The molecule has 0 aliphatic heterocycles. The zero-order chi connectivity index (χ0) is 15.2. The van der Waals surface area contributed by atoms with E-state index in [2.05, 4.69) is 15.5 Å². The van der Waals surface area contributed by atoms with Gasteiger partial charge in [-0.2, -0.15) is 0 Å². The highest BCUT2D eigenvalue weighted by atomic mass is 19.1. The van der Waals surface area contributed by atoms with Gasteiger partial charge in [-0.1, -0.05) is 30.3 Å². The van der Waals surface area contributed by atoms with Crippen LogP contribution in [0.5, 0.6) is 0 Å². The minimum atomic E-state index is -0.212. The first-order valence-corrected chi connectivity index (χ1v) is 7.14. The molecule has 1 aromatic heterocycles. The van der Waals surface area contributed by atoms with Crippen molar-refractivity contribution in [3.8, 4) is 11.5 Å². The molecule has 22 heavy (non-hydrogen) atoms. The molecule has 0 aliphatic rings. The number of halogens is 1. The van der Waals surface area contributed by atoms with E-state index >= 15 is 0 Å². The van der Waals surface area contributed by atoms with Gasteiger partial charge in [0.25, 0.3) is 0 Å². The standard InChI is InChI=1S/C17H16FN3O/c18-15-8-6-13(7-9-15)10-11-19-12-16-20-21-17(22-16)14-4-2-1-3-5-14/h1-9,19H,10-12H2. The molecule has 2 aromatic carbocycles. The Bertz CT molecular complexity index is 710. The van der Waals surface area contributed by atoms with Crippen LogP contribution >= 0.6 is 0 Å². The second kappa shape index (κ2) is 6.95. The molecule has 3 rings (SSSR count). The van der Waals surface area contributed by atoms with Crippen LogP contribution in [0, 0.1) is 5.82 Å². The van der Waals surface area contributed by atoms with Crippen molar-refractivity contribution in [3.63, 3.8) is 0 Å². The summed E-state index contributed by atoms with van der Waals surface area (Å²) < 4.78 is 18.4. The first-order valence-electron chi connectivity index (χ1n) is 7.14. The molecule has 0 radical (unpaired) electrons. The number of rotatable bonds is 6. The molecular formula is C17H16FN3O. The lowest BCUT2D eigenvalue weighted by molar-refractivity contribution is 0.478. The van der Waals surface area contributed by atoms with Crippen molar-refractivity contribution >= 4 is 0 Å². The largest absolute Gasteiger partial charge is 0.419 e. The van der Waals surface area contributed by atoms with Crippen molar-refractivity contribution in [3.05, 3.63) is 71.9 Å². The molecule has 0 saturated carbocycles.